The number of carbonyl (C=O) groups excluding carboxylic acids is 4. The van der Waals surface area contributed by atoms with Gasteiger partial charge in [0.15, 0.2) is 11.4 Å². The summed E-state index contributed by atoms with van der Waals surface area (Å²) in [5.74, 6) is -0.840. The average Bonchev–Trinajstić information content (AvgIpc) is 3.58. The smallest absolute Gasteiger partial charge is 0.416 e. The zero-order valence-electron chi connectivity index (χ0n) is 28.6. The van der Waals surface area contributed by atoms with Crippen molar-refractivity contribution < 1.29 is 33.4 Å². The van der Waals surface area contributed by atoms with Crippen molar-refractivity contribution in [2.45, 2.75) is 58.5 Å². The van der Waals surface area contributed by atoms with Gasteiger partial charge in [0.25, 0.3) is 17.7 Å². The molecule has 15 nitrogen and oxygen atoms in total. The van der Waals surface area contributed by atoms with Crippen molar-refractivity contribution in [3.63, 3.8) is 0 Å². The third-order valence-electron chi connectivity index (χ3n) is 7.83. The fourth-order valence-electron chi connectivity index (χ4n) is 5.03. The molecule has 4 amide bonds. The molecule has 4 N–H and O–H groups in total. The quantitative estimate of drug-likeness (QED) is 0.157. The normalized spacial score (nSPS) is 12.7. The van der Waals surface area contributed by atoms with Crippen LogP contribution < -0.4 is 16.0 Å². The van der Waals surface area contributed by atoms with E-state index in [9.17, 15) is 19.2 Å². The van der Waals surface area contributed by atoms with Crippen molar-refractivity contribution in [2.75, 3.05) is 37.0 Å². The van der Waals surface area contributed by atoms with Gasteiger partial charge < -0.3 is 30.2 Å². The molecule has 0 bridgehead atoms. The maximum Gasteiger partial charge on any atom is 0.416 e. The topological polar surface area (TPSA) is 199 Å². The van der Waals surface area contributed by atoms with E-state index in [2.05, 4.69) is 20.4 Å². The highest BCUT2D eigenvalue weighted by atomic mass is 16.6. The summed E-state index contributed by atoms with van der Waals surface area (Å²) in [4.78, 5) is 63.2. The largest absolute Gasteiger partial charge is 0.444 e. The molecule has 1 saturated carbocycles. The number of nitrogens with zero attached hydrogens (tertiary/aromatic N) is 6. The Morgan fingerprint density at radius 3 is 2.50 bits per heavy atom. The molecule has 3 aromatic heterocycles. The van der Waals surface area contributed by atoms with Crippen LogP contribution in [0.5, 0.6) is 0 Å². The number of benzene rings is 1. The predicted octanol–water partition coefficient (Wildman–Crippen LogP) is 4.66. The minimum atomic E-state index is -0.862. The summed E-state index contributed by atoms with van der Waals surface area (Å²) in [5, 5.41) is 15.8. The molecule has 0 unspecified atom stereocenters. The summed E-state index contributed by atoms with van der Waals surface area (Å²) in [5.41, 5.74) is 6.16. The van der Waals surface area contributed by atoms with Gasteiger partial charge in [-0.2, -0.15) is 5.10 Å². The van der Waals surface area contributed by atoms with Crippen LogP contribution in [0.3, 0.4) is 0 Å². The lowest BCUT2D eigenvalue weighted by molar-refractivity contribution is 0.0576. The van der Waals surface area contributed by atoms with Gasteiger partial charge in [-0.1, -0.05) is 0 Å². The van der Waals surface area contributed by atoms with E-state index in [1.807, 2.05) is 0 Å². The molecule has 5 rings (SSSR count). The van der Waals surface area contributed by atoms with Crippen LogP contribution in [0.2, 0.25) is 0 Å². The first-order chi connectivity index (χ1) is 23.8. The second kappa shape index (κ2) is 15.3. The molecule has 1 fully saturated rings. The standard InChI is InChI=1S/C35H42N8O7/c1-35(2,3)50-34(48)42(19-22-8-9-22)28-18-24(14-15-37-28)32-39-27(21-49-32)31(46)38-26-20-43(40-29(26)30(36)45)25-12-10-23(11-13-25)33(47)41(4)16-6-5-7-17-44/h10-15,18,20-22,44H,5-9,16-17,19H2,1-4H3,(H2,36,45)(H,38,46). The van der Waals surface area contributed by atoms with Gasteiger partial charge in [-0.15, -0.1) is 0 Å². The third-order valence-corrected chi connectivity index (χ3v) is 7.83. The fraction of sp³-hybridized carbons (Fsp3) is 0.400. The average molecular weight is 687 g/mol. The number of aliphatic hydroxyl groups is 1. The van der Waals surface area contributed by atoms with Crippen molar-refractivity contribution >= 4 is 35.3 Å². The Hall–Kier alpha value is -5.57. The molecule has 264 valence electrons. The third kappa shape index (κ3) is 9.11. The number of nitrogens with one attached hydrogen (secondary N) is 1. The molecule has 4 aromatic rings. The minimum Gasteiger partial charge on any atom is -0.444 e. The van der Waals surface area contributed by atoms with Gasteiger partial charge in [0.2, 0.25) is 5.89 Å². The summed E-state index contributed by atoms with van der Waals surface area (Å²) in [6.45, 7) is 6.55. The van der Waals surface area contributed by atoms with E-state index in [0.717, 1.165) is 25.7 Å². The number of unbranched alkanes of at least 4 members (excludes halogenated alkanes) is 2. The van der Waals surface area contributed by atoms with Gasteiger partial charge >= 0.3 is 6.09 Å². The van der Waals surface area contributed by atoms with Crippen LogP contribution in [0.15, 0.2) is 59.5 Å². The second-order valence-corrected chi connectivity index (χ2v) is 13.2. The maximum atomic E-state index is 13.2. The lowest BCUT2D eigenvalue weighted by Gasteiger charge is -2.27. The molecule has 1 aromatic carbocycles. The number of aliphatic hydroxyl groups excluding tert-OH is 1. The van der Waals surface area contributed by atoms with E-state index in [1.165, 1.54) is 28.2 Å². The molecule has 0 radical (unpaired) electrons. The van der Waals surface area contributed by atoms with E-state index in [-0.39, 0.29) is 35.5 Å². The summed E-state index contributed by atoms with van der Waals surface area (Å²) in [6.07, 6.45) is 7.97. The van der Waals surface area contributed by atoms with Gasteiger partial charge in [0.1, 0.15) is 17.7 Å². The first-order valence-corrected chi connectivity index (χ1v) is 16.4. The van der Waals surface area contributed by atoms with Crippen molar-refractivity contribution in [1.82, 2.24) is 24.6 Å². The van der Waals surface area contributed by atoms with Crippen LogP contribution >= 0.6 is 0 Å². The highest BCUT2D eigenvalue weighted by Crippen LogP contribution is 2.33. The number of oxazole rings is 1. The van der Waals surface area contributed by atoms with Gasteiger partial charge in [0.05, 0.1) is 17.6 Å². The summed E-state index contributed by atoms with van der Waals surface area (Å²) >= 11 is 0. The second-order valence-electron chi connectivity index (χ2n) is 13.2. The van der Waals surface area contributed by atoms with Crippen molar-refractivity contribution in [3.8, 4) is 17.1 Å². The monoisotopic (exact) mass is 686 g/mol. The Kier molecular flexibility index (Phi) is 11.0. The number of amides is 4. The minimum absolute atomic E-state index is 0.0501. The molecule has 15 heteroatoms. The fourth-order valence-corrected chi connectivity index (χ4v) is 5.03. The van der Waals surface area contributed by atoms with Crippen LogP contribution in [0.1, 0.15) is 84.2 Å². The molecule has 50 heavy (non-hydrogen) atoms. The van der Waals surface area contributed by atoms with Crippen molar-refractivity contribution in [1.29, 1.82) is 0 Å². The molecular formula is C35H42N8O7. The number of pyridine rings is 1. The molecule has 0 aliphatic heterocycles. The number of hydrogen-bond acceptors (Lipinski definition) is 10. The van der Waals surface area contributed by atoms with Crippen LogP contribution in [0.25, 0.3) is 17.1 Å². The zero-order chi connectivity index (χ0) is 36.0. The Labute approximate surface area is 289 Å². The van der Waals surface area contributed by atoms with Gasteiger partial charge in [0, 0.05) is 44.1 Å². The van der Waals surface area contributed by atoms with Crippen LogP contribution in [-0.2, 0) is 4.74 Å². The van der Waals surface area contributed by atoms with Crippen LogP contribution in [0.4, 0.5) is 16.3 Å². The Morgan fingerprint density at radius 2 is 1.84 bits per heavy atom. The maximum absolute atomic E-state index is 13.2. The lowest BCUT2D eigenvalue weighted by atomic mass is 10.1. The SMILES string of the molecule is CN(CCCCCO)C(=O)c1ccc(-n2cc(NC(=O)c3coc(-c4ccnc(N(CC5CC5)C(=O)OC(C)(C)C)c4)n3)c(C(N)=O)n2)cc1. The van der Waals surface area contributed by atoms with Crippen LogP contribution in [-0.4, -0.2) is 85.9 Å². The molecule has 0 spiro atoms. The van der Waals surface area contributed by atoms with E-state index >= 15 is 0 Å². The lowest BCUT2D eigenvalue weighted by Crippen LogP contribution is -2.38. The van der Waals surface area contributed by atoms with E-state index in [4.69, 9.17) is 20.0 Å². The Bertz CT molecular complexity index is 1840. The van der Waals surface area contributed by atoms with Gasteiger partial charge in [-0.3, -0.25) is 19.3 Å². The van der Waals surface area contributed by atoms with E-state index in [1.54, 1.807) is 69.1 Å². The van der Waals surface area contributed by atoms with Crippen LogP contribution in [0, 0.1) is 5.92 Å². The number of hydrogen-bond donors (Lipinski definition) is 3. The highest BCUT2D eigenvalue weighted by molar-refractivity contribution is 6.07. The number of aromatic nitrogens is 4. The molecular weight excluding hydrogens is 644 g/mol. The number of ether oxygens (including phenoxy) is 1. The molecule has 3 heterocycles. The Morgan fingerprint density at radius 1 is 1.10 bits per heavy atom. The van der Waals surface area contributed by atoms with E-state index < -0.39 is 23.5 Å². The van der Waals surface area contributed by atoms with Gasteiger partial charge in [-0.05, 0) is 95.2 Å². The van der Waals surface area contributed by atoms with Crippen molar-refractivity contribution in [3.05, 3.63) is 72.0 Å². The van der Waals surface area contributed by atoms with Gasteiger partial charge in [-0.25, -0.2) is 19.4 Å². The molecule has 1 aliphatic carbocycles. The number of anilines is 2. The van der Waals surface area contributed by atoms with E-state index in [0.29, 0.717) is 48.1 Å². The number of primary amides is 1. The number of rotatable bonds is 14. The summed E-state index contributed by atoms with van der Waals surface area (Å²) in [7, 11) is 1.72. The first kappa shape index (κ1) is 35.7. The zero-order valence-corrected chi connectivity index (χ0v) is 28.6. The first-order valence-electron chi connectivity index (χ1n) is 16.4. The molecule has 0 saturated heterocycles. The number of nitrogens with two attached hydrogens (primary N) is 1. The number of carbonyl (C=O) groups is 4. The Balaban J connectivity index is 1.29. The predicted molar refractivity (Wildman–Crippen MR) is 184 cm³/mol. The summed E-state index contributed by atoms with van der Waals surface area (Å²) in [6, 6.07) is 9.91. The summed E-state index contributed by atoms with van der Waals surface area (Å²) < 4.78 is 12.6. The molecule has 0 atom stereocenters. The highest BCUT2D eigenvalue weighted by Gasteiger charge is 2.31. The molecule has 1 aliphatic rings. The van der Waals surface area contributed by atoms with Crippen molar-refractivity contribution in [2.24, 2.45) is 11.7 Å².